The number of carbonyl (C=O) groups is 4. The Labute approximate surface area is 213 Å². The van der Waals surface area contributed by atoms with Gasteiger partial charge in [-0.25, -0.2) is 0 Å². The summed E-state index contributed by atoms with van der Waals surface area (Å²) in [5, 5.41) is 11.2. The van der Waals surface area contributed by atoms with Crippen LogP contribution >= 0.6 is 23.2 Å². The van der Waals surface area contributed by atoms with Crippen molar-refractivity contribution in [2.24, 2.45) is 17.8 Å². The van der Waals surface area contributed by atoms with Gasteiger partial charge in [-0.3, -0.25) is 29.0 Å². The number of hydrogen-bond donors (Lipinski definition) is 1. The molecule has 7 nitrogen and oxygen atoms in total. The van der Waals surface area contributed by atoms with Crippen LogP contribution in [0.5, 0.6) is 5.75 Å². The number of benzene rings is 1. The summed E-state index contributed by atoms with van der Waals surface area (Å²) >= 11 is 14.2. The van der Waals surface area contributed by atoms with Crippen molar-refractivity contribution in [2.75, 3.05) is 13.6 Å². The topological polar surface area (TPSA) is 95.0 Å². The van der Waals surface area contributed by atoms with E-state index in [0.717, 1.165) is 4.90 Å². The molecule has 1 aromatic rings. The third-order valence-electron chi connectivity index (χ3n) is 8.25. The van der Waals surface area contributed by atoms with Crippen molar-refractivity contribution in [1.29, 1.82) is 0 Å². The van der Waals surface area contributed by atoms with Crippen molar-refractivity contribution in [2.45, 2.75) is 41.9 Å². The molecule has 4 aliphatic rings. The van der Waals surface area contributed by atoms with Crippen molar-refractivity contribution in [3.63, 3.8) is 0 Å². The van der Waals surface area contributed by atoms with E-state index in [1.165, 1.54) is 11.9 Å². The lowest BCUT2D eigenvalue weighted by molar-refractivity contribution is -0.141. The predicted molar refractivity (Wildman–Crippen MR) is 130 cm³/mol. The summed E-state index contributed by atoms with van der Waals surface area (Å²) in [5.41, 5.74) is 1.61. The summed E-state index contributed by atoms with van der Waals surface area (Å²) in [5.74, 6) is -4.68. The highest BCUT2D eigenvalue weighted by atomic mass is 35.5. The third kappa shape index (κ3) is 2.85. The highest BCUT2D eigenvalue weighted by Gasteiger charge is 2.76. The second-order valence-electron chi connectivity index (χ2n) is 9.77. The summed E-state index contributed by atoms with van der Waals surface area (Å²) < 4.78 is 0. The van der Waals surface area contributed by atoms with E-state index in [9.17, 15) is 24.3 Å². The Balaban J connectivity index is 1.76. The van der Waals surface area contributed by atoms with E-state index < -0.39 is 45.2 Å². The van der Waals surface area contributed by atoms with Gasteiger partial charge in [0.15, 0.2) is 9.75 Å². The first-order valence-corrected chi connectivity index (χ1v) is 12.5. The van der Waals surface area contributed by atoms with Gasteiger partial charge in [0.05, 0.1) is 11.8 Å². The first-order chi connectivity index (χ1) is 16.5. The quantitative estimate of drug-likeness (QED) is 0.376. The van der Waals surface area contributed by atoms with Crippen molar-refractivity contribution in [3.05, 3.63) is 53.6 Å². The summed E-state index contributed by atoms with van der Waals surface area (Å²) in [6, 6.07) is 5.15. The monoisotopic (exact) mass is 516 g/mol. The lowest BCUT2D eigenvalue weighted by atomic mass is 9.56. The zero-order chi connectivity index (χ0) is 25.4. The van der Waals surface area contributed by atoms with Crippen LogP contribution in [0.1, 0.15) is 36.8 Å². The fourth-order valence-electron chi connectivity index (χ4n) is 6.63. The standard InChI is InChI=1S/C26H26Cl2N2O5/c1-4-7-13-8-6-9-16(20(13)31)19-14-10-11-15-18(22(33)30(5-2)21(15)32)17(14)12-25(27)23(34)29(3)24(35)26(19,25)28/h4,6,8-10,15,17-19,31H,1,5,7,11-12H2,2-3H3/t15-,17+,18-,19+,25+,26-/m0/s1. The van der Waals surface area contributed by atoms with E-state index in [4.69, 9.17) is 23.2 Å². The van der Waals surface area contributed by atoms with E-state index in [2.05, 4.69) is 6.58 Å². The van der Waals surface area contributed by atoms with Crippen molar-refractivity contribution in [3.8, 4) is 5.75 Å². The molecule has 3 fully saturated rings. The molecule has 2 heterocycles. The molecule has 2 aliphatic carbocycles. The molecule has 1 saturated carbocycles. The molecule has 0 bridgehead atoms. The average Bonchev–Trinajstić information content (AvgIpc) is 3.15. The number of carbonyl (C=O) groups excluding carboxylic acids is 4. The molecule has 0 unspecified atom stereocenters. The van der Waals surface area contributed by atoms with Crippen LogP contribution in [0.15, 0.2) is 42.5 Å². The van der Waals surface area contributed by atoms with Crippen molar-refractivity contribution < 1.29 is 24.3 Å². The van der Waals surface area contributed by atoms with Crippen LogP contribution in [-0.4, -0.2) is 61.9 Å². The highest BCUT2D eigenvalue weighted by molar-refractivity contribution is 6.53. The number of amides is 4. The van der Waals surface area contributed by atoms with E-state index >= 15 is 0 Å². The minimum Gasteiger partial charge on any atom is -0.507 e. The average molecular weight is 517 g/mol. The summed E-state index contributed by atoms with van der Waals surface area (Å²) in [7, 11) is 1.34. The van der Waals surface area contributed by atoms with Gasteiger partial charge in [-0.1, -0.05) is 35.9 Å². The number of hydrogen-bond acceptors (Lipinski definition) is 5. The van der Waals surface area contributed by atoms with Gasteiger partial charge >= 0.3 is 0 Å². The summed E-state index contributed by atoms with van der Waals surface area (Å²) in [6.07, 6.45) is 4.14. The molecule has 4 amide bonds. The predicted octanol–water partition coefficient (Wildman–Crippen LogP) is 3.13. The Kier molecular flexibility index (Phi) is 5.46. The molecular weight excluding hydrogens is 491 g/mol. The first-order valence-electron chi connectivity index (χ1n) is 11.7. The van der Waals surface area contributed by atoms with Crippen LogP contribution in [0.4, 0.5) is 0 Å². The second kappa shape index (κ2) is 7.93. The normalized spacial score (nSPS) is 36.2. The van der Waals surface area contributed by atoms with E-state index in [0.29, 0.717) is 29.5 Å². The number of allylic oxidation sites excluding steroid dienone is 3. The number of nitrogens with zero attached hydrogens (tertiary/aromatic N) is 2. The molecule has 2 saturated heterocycles. The molecule has 0 spiro atoms. The molecule has 184 valence electrons. The van der Waals surface area contributed by atoms with Crippen LogP contribution < -0.4 is 0 Å². The fourth-order valence-corrected chi connectivity index (χ4v) is 7.64. The molecular formula is C26H26Cl2N2O5. The largest absolute Gasteiger partial charge is 0.507 e. The first kappa shape index (κ1) is 24.1. The lowest BCUT2D eigenvalue weighted by Gasteiger charge is -2.50. The summed E-state index contributed by atoms with van der Waals surface area (Å²) in [4.78, 5) is 51.6. The van der Waals surface area contributed by atoms with E-state index in [1.807, 2.05) is 6.08 Å². The van der Waals surface area contributed by atoms with Crippen LogP contribution in [-0.2, 0) is 25.6 Å². The molecule has 2 aliphatic heterocycles. The van der Waals surface area contributed by atoms with Crippen LogP contribution in [0.2, 0.25) is 0 Å². The van der Waals surface area contributed by atoms with Gasteiger partial charge in [0.2, 0.25) is 11.8 Å². The van der Waals surface area contributed by atoms with Crippen molar-refractivity contribution in [1.82, 2.24) is 9.80 Å². The maximum atomic E-state index is 13.5. The number of alkyl halides is 2. The number of phenols is 1. The molecule has 9 heteroatoms. The second-order valence-corrected chi connectivity index (χ2v) is 11.0. The number of imide groups is 2. The molecule has 0 radical (unpaired) electrons. The lowest BCUT2D eigenvalue weighted by Crippen LogP contribution is -2.60. The number of likely N-dealkylation sites (tertiary alicyclic amines) is 2. The summed E-state index contributed by atoms with van der Waals surface area (Å²) in [6.45, 7) is 5.73. The Hall–Kier alpha value is -2.64. The Bertz CT molecular complexity index is 1230. The highest BCUT2D eigenvalue weighted by Crippen LogP contribution is 2.66. The molecule has 0 aromatic heterocycles. The maximum Gasteiger partial charge on any atom is 0.253 e. The Morgan fingerprint density at radius 2 is 1.86 bits per heavy atom. The van der Waals surface area contributed by atoms with E-state index in [1.54, 1.807) is 31.2 Å². The zero-order valence-corrected chi connectivity index (χ0v) is 21.0. The Morgan fingerprint density at radius 3 is 2.51 bits per heavy atom. The SMILES string of the molecule is C=CCc1cccc([C@H]2C3=CC[C@@H]4C(=O)N(CC)C(=O)[C@@H]4[C@@H]3C[C@@]3(Cl)C(=O)N(C)C(=O)[C@@]23Cl)c1O. The minimum absolute atomic E-state index is 0.0554. The van der Waals surface area contributed by atoms with Gasteiger partial charge in [-0.2, -0.15) is 0 Å². The fraction of sp³-hybridized carbons (Fsp3) is 0.462. The number of para-hydroxylation sites is 1. The molecule has 35 heavy (non-hydrogen) atoms. The maximum absolute atomic E-state index is 13.5. The van der Waals surface area contributed by atoms with Crippen LogP contribution in [0.25, 0.3) is 0 Å². The minimum atomic E-state index is -1.91. The molecule has 5 rings (SSSR count). The number of aromatic hydroxyl groups is 1. The van der Waals surface area contributed by atoms with Crippen molar-refractivity contribution >= 4 is 46.8 Å². The van der Waals surface area contributed by atoms with Gasteiger partial charge in [0.25, 0.3) is 11.8 Å². The van der Waals surface area contributed by atoms with Gasteiger partial charge in [-0.05, 0) is 37.7 Å². The number of rotatable bonds is 4. The smallest absolute Gasteiger partial charge is 0.253 e. The van der Waals surface area contributed by atoms with Gasteiger partial charge < -0.3 is 5.11 Å². The molecule has 1 N–H and O–H groups in total. The van der Waals surface area contributed by atoms with Gasteiger partial charge in [0.1, 0.15) is 5.75 Å². The van der Waals surface area contributed by atoms with Crippen LogP contribution in [0.3, 0.4) is 0 Å². The van der Waals surface area contributed by atoms with Gasteiger partial charge in [0, 0.05) is 25.1 Å². The third-order valence-corrected chi connectivity index (χ3v) is 9.66. The van der Waals surface area contributed by atoms with Crippen LogP contribution in [0, 0.1) is 17.8 Å². The zero-order valence-electron chi connectivity index (χ0n) is 19.5. The van der Waals surface area contributed by atoms with Gasteiger partial charge in [-0.15, -0.1) is 29.8 Å². The molecule has 6 atom stereocenters. The molecule has 1 aromatic carbocycles. The Morgan fingerprint density at radius 1 is 1.14 bits per heavy atom. The van der Waals surface area contributed by atoms with E-state index in [-0.39, 0.29) is 30.5 Å². The number of fused-ring (bicyclic) bond motifs is 4. The number of phenolic OH excluding ortho intramolecular Hbond substituents is 1. The number of halogens is 2.